The molecule has 0 aromatic carbocycles. The topological polar surface area (TPSA) is 43.1 Å². The third kappa shape index (κ3) is 5.46. The summed E-state index contributed by atoms with van der Waals surface area (Å²) in [5.74, 6) is 0. The lowest BCUT2D eigenvalue weighted by molar-refractivity contribution is -0.104. The van der Waals surface area contributed by atoms with Gasteiger partial charge in [0, 0.05) is 10.3 Å². The van der Waals surface area contributed by atoms with Crippen LogP contribution in [0, 0.1) is 0 Å². The van der Waals surface area contributed by atoms with E-state index in [4.69, 9.17) is 17.3 Å². The minimum atomic E-state index is 0.156. The lowest BCUT2D eigenvalue weighted by atomic mass is 10.7. The summed E-state index contributed by atoms with van der Waals surface area (Å²) in [6, 6.07) is 0. The Kier molecular flexibility index (Phi) is 4.26. The van der Waals surface area contributed by atoms with Gasteiger partial charge in [-0.3, -0.25) is 4.79 Å². The SMILES string of the molecule is C=C(C=O)S/C=C(\N)Cl. The molecular formula is C5H6ClNOS. The van der Waals surface area contributed by atoms with Crippen LogP contribution in [0.4, 0.5) is 0 Å². The number of carbonyl (C=O) groups excluding carboxylic acids is 1. The number of hydrogen-bond donors (Lipinski definition) is 1. The molecule has 0 heterocycles. The second-order valence-electron chi connectivity index (χ2n) is 1.20. The van der Waals surface area contributed by atoms with Crippen molar-refractivity contribution in [2.75, 3.05) is 0 Å². The lowest BCUT2D eigenvalue weighted by Crippen LogP contribution is -1.84. The Bertz CT molecular complexity index is 151. The maximum atomic E-state index is 9.88. The van der Waals surface area contributed by atoms with E-state index in [0.717, 1.165) is 11.8 Å². The van der Waals surface area contributed by atoms with Crippen LogP contribution in [0.5, 0.6) is 0 Å². The number of halogens is 1. The van der Waals surface area contributed by atoms with Crippen LogP contribution in [0.3, 0.4) is 0 Å². The summed E-state index contributed by atoms with van der Waals surface area (Å²) in [4.78, 5) is 10.3. The van der Waals surface area contributed by atoms with Crippen LogP contribution in [0.2, 0.25) is 0 Å². The van der Waals surface area contributed by atoms with Crippen LogP contribution in [0.15, 0.2) is 22.0 Å². The monoisotopic (exact) mass is 163 g/mol. The second kappa shape index (κ2) is 4.47. The number of rotatable bonds is 3. The molecule has 0 rings (SSSR count). The molecule has 0 bridgehead atoms. The largest absolute Gasteiger partial charge is 0.389 e. The van der Waals surface area contributed by atoms with Crippen LogP contribution in [0.1, 0.15) is 0 Å². The van der Waals surface area contributed by atoms with Crippen LogP contribution in [-0.4, -0.2) is 6.29 Å². The molecule has 9 heavy (non-hydrogen) atoms. The maximum Gasteiger partial charge on any atom is 0.156 e. The number of hydrogen-bond acceptors (Lipinski definition) is 3. The van der Waals surface area contributed by atoms with E-state index in [1.807, 2.05) is 0 Å². The fraction of sp³-hybridized carbons (Fsp3) is 0. The predicted molar refractivity (Wildman–Crippen MR) is 40.9 cm³/mol. The first kappa shape index (κ1) is 8.59. The zero-order valence-corrected chi connectivity index (χ0v) is 6.21. The molecule has 2 nitrogen and oxygen atoms in total. The Hall–Kier alpha value is -0.410. The van der Waals surface area contributed by atoms with Gasteiger partial charge in [-0.1, -0.05) is 29.9 Å². The van der Waals surface area contributed by atoms with Crippen LogP contribution in [-0.2, 0) is 4.79 Å². The quantitative estimate of drug-likeness (QED) is 0.389. The first-order valence-corrected chi connectivity index (χ1v) is 3.34. The predicted octanol–water partition coefficient (Wildman–Crippen LogP) is 1.43. The molecule has 0 spiro atoms. The minimum absolute atomic E-state index is 0.156. The smallest absolute Gasteiger partial charge is 0.156 e. The van der Waals surface area contributed by atoms with E-state index in [0.29, 0.717) is 11.2 Å². The summed E-state index contributed by atoms with van der Waals surface area (Å²) >= 11 is 6.34. The highest BCUT2D eigenvalue weighted by Gasteiger charge is 1.87. The molecule has 0 aliphatic carbocycles. The Morgan fingerprint density at radius 2 is 2.33 bits per heavy atom. The van der Waals surface area contributed by atoms with Crippen molar-refractivity contribution < 1.29 is 4.79 Å². The molecule has 0 aliphatic heterocycles. The summed E-state index contributed by atoms with van der Waals surface area (Å²) in [6.45, 7) is 3.38. The number of allylic oxidation sites excluding steroid dienone is 1. The van der Waals surface area contributed by atoms with Gasteiger partial charge in [0.15, 0.2) is 6.29 Å². The van der Waals surface area contributed by atoms with Crippen molar-refractivity contribution >= 4 is 29.6 Å². The van der Waals surface area contributed by atoms with Gasteiger partial charge in [-0.2, -0.15) is 0 Å². The normalized spacial score (nSPS) is 11.0. The summed E-state index contributed by atoms with van der Waals surface area (Å²) in [5.41, 5.74) is 5.04. The Morgan fingerprint density at radius 1 is 1.78 bits per heavy atom. The second-order valence-corrected chi connectivity index (χ2v) is 2.64. The third-order valence-electron chi connectivity index (χ3n) is 0.454. The fourth-order valence-electron chi connectivity index (χ4n) is 0.160. The minimum Gasteiger partial charge on any atom is -0.389 e. The van der Waals surface area contributed by atoms with Crippen molar-refractivity contribution in [3.05, 3.63) is 22.0 Å². The van der Waals surface area contributed by atoms with Gasteiger partial charge in [0.2, 0.25) is 0 Å². The van der Waals surface area contributed by atoms with Gasteiger partial charge in [-0.25, -0.2) is 0 Å². The molecule has 0 saturated carbocycles. The first-order chi connectivity index (χ1) is 4.16. The zero-order chi connectivity index (χ0) is 7.28. The van der Waals surface area contributed by atoms with Crippen LogP contribution >= 0.6 is 23.4 Å². The molecule has 0 aromatic heterocycles. The molecule has 0 saturated heterocycles. The summed E-state index contributed by atoms with van der Waals surface area (Å²) < 4.78 is 0. The van der Waals surface area contributed by atoms with Gasteiger partial charge in [0.1, 0.15) is 5.16 Å². The van der Waals surface area contributed by atoms with Crippen LogP contribution < -0.4 is 5.73 Å². The number of thioether (sulfide) groups is 1. The van der Waals surface area contributed by atoms with Gasteiger partial charge in [0.05, 0.1) is 0 Å². The van der Waals surface area contributed by atoms with Gasteiger partial charge in [-0.15, -0.1) is 0 Å². The van der Waals surface area contributed by atoms with Crippen LogP contribution in [0.25, 0.3) is 0 Å². The number of carbonyl (C=O) groups is 1. The van der Waals surface area contributed by atoms with E-state index in [1.54, 1.807) is 0 Å². The molecule has 50 valence electrons. The van der Waals surface area contributed by atoms with E-state index in [1.165, 1.54) is 5.41 Å². The molecule has 2 N–H and O–H groups in total. The molecule has 0 aromatic rings. The van der Waals surface area contributed by atoms with E-state index < -0.39 is 0 Å². The molecule has 0 unspecified atom stereocenters. The van der Waals surface area contributed by atoms with Crippen molar-refractivity contribution in [1.82, 2.24) is 0 Å². The average molecular weight is 164 g/mol. The highest BCUT2D eigenvalue weighted by atomic mass is 35.5. The van der Waals surface area contributed by atoms with Gasteiger partial charge >= 0.3 is 0 Å². The number of aldehydes is 1. The molecule has 0 aliphatic rings. The summed E-state index contributed by atoms with van der Waals surface area (Å²) in [7, 11) is 0. The molecule has 0 fully saturated rings. The van der Waals surface area contributed by atoms with Gasteiger partial charge in [0.25, 0.3) is 0 Å². The molecular weight excluding hydrogens is 158 g/mol. The zero-order valence-electron chi connectivity index (χ0n) is 4.63. The van der Waals surface area contributed by atoms with Crippen molar-refractivity contribution in [3.8, 4) is 0 Å². The highest BCUT2D eigenvalue weighted by molar-refractivity contribution is 8.06. The molecule has 0 amide bonds. The third-order valence-corrected chi connectivity index (χ3v) is 1.46. The van der Waals surface area contributed by atoms with E-state index in [2.05, 4.69) is 6.58 Å². The Balaban J connectivity index is 3.63. The Labute approximate surface area is 62.7 Å². The molecule has 0 radical (unpaired) electrons. The number of nitrogens with two attached hydrogens (primary N) is 1. The van der Waals surface area contributed by atoms with E-state index in [9.17, 15) is 4.79 Å². The average Bonchev–Trinajstić information content (AvgIpc) is 1.83. The van der Waals surface area contributed by atoms with Gasteiger partial charge < -0.3 is 5.73 Å². The van der Waals surface area contributed by atoms with Crippen molar-refractivity contribution in [1.29, 1.82) is 0 Å². The standard InChI is InChI=1S/C5H6ClNOS/c1-4(2-8)9-3-5(6)7/h2-3H,1,7H2/b5-3-. The molecule has 0 atom stereocenters. The Morgan fingerprint density at radius 3 is 2.67 bits per heavy atom. The maximum absolute atomic E-state index is 9.88. The van der Waals surface area contributed by atoms with E-state index in [-0.39, 0.29) is 5.16 Å². The van der Waals surface area contributed by atoms with Gasteiger partial charge in [-0.05, 0) is 0 Å². The molecule has 4 heteroatoms. The van der Waals surface area contributed by atoms with Crippen molar-refractivity contribution in [2.24, 2.45) is 5.73 Å². The highest BCUT2D eigenvalue weighted by Crippen LogP contribution is 2.13. The summed E-state index contributed by atoms with van der Waals surface area (Å²) in [6.07, 6.45) is 0.640. The summed E-state index contributed by atoms with van der Waals surface area (Å²) in [5, 5.41) is 1.60. The van der Waals surface area contributed by atoms with Crippen molar-refractivity contribution in [2.45, 2.75) is 0 Å². The van der Waals surface area contributed by atoms with E-state index >= 15 is 0 Å². The van der Waals surface area contributed by atoms with Crippen molar-refractivity contribution in [3.63, 3.8) is 0 Å². The fourth-order valence-corrected chi connectivity index (χ4v) is 0.613. The first-order valence-electron chi connectivity index (χ1n) is 2.08. The lowest BCUT2D eigenvalue weighted by Gasteiger charge is -1.87.